The van der Waals surface area contributed by atoms with Gasteiger partial charge in [0.1, 0.15) is 5.75 Å². The van der Waals surface area contributed by atoms with Crippen molar-refractivity contribution in [1.82, 2.24) is 0 Å². The summed E-state index contributed by atoms with van der Waals surface area (Å²) < 4.78 is 5.83. The monoisotopic (exact) mass is 294 g/mol. The Bertz CT molecular complexity index is 415. The molecule has 0 aliphatic heterocycles. The van der Waals surface area contributed by atoms with Crippen LogP contribution in [0.25, 0.3) is 0 Å². The Morgan fingerprint density at radius 2 is 1.90 bits per heavy atom. The lowest BCUT2D eigenvalue weighted by atomic mass is 9.88. The molecule has 0 aliphatic carbocycles. The highest BCUT2D eigenvalue weighted by atomic mass is 16.5. The van der Waals surface area contributed by atoms with Crippen molar-refractivity contribution in [3.63, 3.8) is 0 Å². The van der Waals surface area contributed by atoms with Crippen LogP contribution < -0.4 is 4.74 Å². The van der Waals surface area contributed by atoms with Gasteiger partial charge in [0.25, 0.3) is 0 Å². The van der Waals surface area contributed by atoms with Crippen molar-refractivity contribution in [2.45, 2.75) is 64.9 Å². The van der Waals surface area contributed by atoms with Gasteiger partial charge in [-0.3, -0.25) is 0 Å². The molecule has 120 valence electrons. The number of hydrogen-bond acceptors (Lipinski definition) is 3. The fraction of sp³-hybridized carbons (Fsp3) is 0.667. The summed E-state index contributed by atoms with van der Waals surface area (Å²) >= 11 is 0. The molecule has 0 heterocycles. The van der Waals surface area contributed by atoms with Gasteiger partial charge in [0, 0.05) is 0 Å². The third-order valence-electron chi connectivity index (χ3n) is 3.85. The average Bonchev–Trinajstić information content (AvgIpc) is 2.50. The number of aliphatic hydroxyl groups is 2. The molecule has 0 saturated carbocycles. The first kappa shape index (κ1) is 18.0. The van der Waals surface area contributed by atoms with E-state index in [0.717, 1.165) is 25.2 Å². The Balaban J connectivity index is 2.99. The maximum atomic E-state index is 9.70. The Labute approximate surface area is 129 Å². The quantitative estimate of drug-likeness (QED) is 0.727. The van der Waals surface area contributed by atoms with E-state index in [1.165, 1.54) is 11.1 Å². The molecule has 2 unspecified atom stereocenters. The molecule has 1 rings (SSSR count). The van der Waals surface area contributed by atoms with Gasteiger partial charge in [-0.25, -0.2) is 0 Å². The maximum Gasteiger partial charge on any atom is 0.122 e. The first-order chi connectivity index (χ1) is 10.0. The molecule has 3 nitrogen and oxygen atoms in total. The van der Waals surface area contributed by atoms with Gasteiger partial charge >= 0.3 is 0 Å². The molecule has 0 radical (unpaired) electrons. The second-order valence-electron chi connectivity index (χ2n) is 5.98. The van der Waals surface area contributed by atoms with Crippen molar-refractivity contribution in [3.8, 4) is 5.75 Å². The normalized spacial score (nSPS) is 14.2. The van der Waals surface area contributed by atoms with Gasteiger partial charge in [-0.05, 0) is 48.3 Å². The number of rotatable bonds is 9. The summed E-state index contributed by atoms with van der Waals surface area (Å²) in [4.78, 5) is 0. The van der Waals surface area contributed by atoms with Gasteiger partial charge in [-0.2, -0.15) is 0 Å². The first-order valence-corrected chi connectivity index (χ1v) is 8.08. The zero-order valence-corrected chi connectivity index (χ0v) is 13.8. The molecule has 0 aliphatic rings. The van der Waals surface area contributed by atoms with Crippen molar-refractivity contribution in [2.24, 2.45) is 0 Å². The smallest absolute Gasteiger partial charge is 0.122 e. The third-order valence-corrected chi connectivity index (χ3v) is 3.85. The Morgan fingerprint density at radius 3 is 2.43 bits per heavy atom. The number of benzene rings is 1. The van der Waals surface area contributed by atoms with Crippen LogP contribution in [0.2, 0.25) is 0 Å². The van der Waals surface area contributed by atoms with Crippen LogP contribution in [-0.2, 0) is 0 Å². The topological polar surface area (TPSA) is 49.7 Å². The second kappa shape index (κ2) is 9.06. The highest BCUT2D eigenvalue weighted by molar-refractivity contribution is 5.40. The maximum absolute atomic E-state index is 9.70. The molecule has 0 aromatic heterocycles. The third kappa shape index (κ3) is 5.33. The first-order valence-electron chi connectivity index (χ1n) is 8.08. The van der Waals surface area contributed by atoms with Crippen molar-refractivity contribution in [3.05, 3.63) is 29.3 Å². The summed E-state index contributed by atoms with van der Waals surface area (Å²) in [5, 5.41) is 18.7. The predicted molar refractivity (Wildman–Crippen MR) is 87.1 cm³/mol. The van der Waals surface area contributed by atoms with Gasteiger partial charge in [-0.15, -0.1) is 0 Å². The predicted octanol–water partition coefficient (Wildman–Crippen LogP) is 3.84. The van der Waals surface area contributed by atoms with Gasteiger partial charge in [0.15, 0.2) is 0 Å². The van der Waals surface area contributed by atoms with Crippen LogP contribution in [0, 0.1) is 0 Å². The molecule has 0 spiro atoms. The van der Waals surface area contributed by atoms with Gasteiger partial charge in [-0.1, -0.05) is 39.8 Å². The molecule has 0 saturated heterocycles. The van der Waals surface area contributed by atoms with Crippen LogP contribution in [0.4, 0.5) is 0 Å². The summed E-state index contributed by atoms with van der Waals surface area (Å²) in [5.74, 6) is 1.63. The Kier molecular flexibility index (Phi) is 7.76. The summed E-state index contributed by atoms with van der Waals surface area (Å²) in [7, 11) is 0. The molecule has 0 bridgehead atoms. The van der Waals surface area contributed by atoms with E-state index in [9.17, 15) is 5.11 Å². The molecule has 2 N–H and O–H groups in total. The van der Waals surface area contributed by atoms with E-state index >= 15 is 0 Å². The summed E-state index contributed by atoms with van der Waals surface area (Å²) in [6, 6.07) is 6.34. The molecule has 1 aromatic carbocycles. The molecule has 0 amide bonds. The van der Waals surface area contributed by atoms with Crippen LogP contribution in [0.1, 0.15) is 69.9 Å². The highest BCUT2D eigenvalue weighted by Gasteiger charge is 2.17. The number of aliphatic hydroxyl groups excluding tert-OH is 2. The SMILES string of the molecule is CCCOc1ccc(C(CC)CC(O)CO)cc1C(C)C. The zero-order valence-electron chi connectivity index (χ0n) is 13.8. The molecule has 3 heteroatoms. The van der Waals surface area contributed by atoms with E-state index in [0.29, 0.717) is 12.3 Å². The van der Waals surface area contributed by atoms with E-state index in [1.807, 2.05) is 6.07 Å². The fourth-order valence-electron chi connectivity index (χ4n) is 2.56. The second-order valence-corrected chi connectivity index (χ2v) is 5.98. The van der Waals surface area contributed by atoms with Crippen molar-refractivity contribution in [2.75, 3.05) is 13.2 Å². The minimum absolute atomic E-state index is 0.175. The van der Waals surface area contributed by atoms with E-state index in [1.54, 1.807) is 0 Å². The Morgan fingerprint density at radius 1 is 1.19 bits per heavy atom. The Hall–Kier alpha value is -1.06. The average molecular weight is 294 g/mol. The lowest BCUT2D eigenvalue weighted by Crippen LogP contribution is -2.16. The van der Waals surface area contributed by atoms with Crippen LogP contribution in [0.15, 0.2) is 18.2 Å². The standard InChI is InChI=1S/C18H30O3/c1-5-9-21-18-8-7-15(11-17(18)13(3)4)14(6-2)10-16(20)12-19/h7-8,11,13-14,16,19-20H,5-6,9-10,12H2,1-4H3. The molecule has 1 aromatic rings. The molecule has 2 atom stereocenters. The van der Waals surface area contributed by atoms with Crippen molar-refractivity contribution in [1.29, 1.82) is 0 Å². The minimum atomic E-state index is -0.645. The van der Waals surface area contributed by atoms with E-state index in [2.05, 4.69) is 39.8 Å². The summed E-state index contributed by atoms with van der Waals surface area (Å²) in [6.07, 6.45) is 1.90. The largest absolute Gasteiger partial charge is 0.493 e. The number of ether oxygens (including phenoxy) is 1. The lowest BCUT2D eigenvalue weighted by molar-refractivity contribution is 0.0817. The lowest BCUT2D eigenvalue weighted by Gasteiger charge is -2.21. The van der Waals surface area contributed by atoms with Crippen molar-refractivity contribution < 1.29 is 14.9 Å². The van der Waals surface area contributed by atoms with Crippen LogP contribution in [0.3, 0.4) is 0 Å². The van der Waals surface area contributed by atoms with E-state index < -0.39 is 6.10 Å². The van der Waals surface area contributed by atoms with Crippen molar-refractivity contribution >= 4 is 0 Å². The van der Waals surface area contributed by atoms with E-state index in [-0.39, 0.29) is 12.5 Å². The fourth-order valence-corrected chi connectivity index (χ4v) is 2.56. The summed E-state index contributed by atoms with van der Waals surface area (Å²) in [5.41, 5.74) is 2.44. The van der Waals surface area contributed by atoms with E-state index in [4.69, 9.17) is 9.84 Å². The molecular formula is C18H30O3. The van der Waals surface area contributed by atoms with Gasteiger partial charge < -0.3 is 14.9 Å². The highest BCUT2D eigenvalue weighted by Crippen LogP contribution is 2.33. The molecule has 21 heavy (non-hydrogen) atoms. The van der Waals surface area contributed by atoms with Crippen LogP contribution in [-0.4, -0.2) is 29.5 Å². The zero-order chi connectivity index (χ0) is 15.8. The minimum Gasteiger partial charge on any atom is -0.493 e. The van der Waals surface area contributed by atoms with Gasteiger partial charge in [0.2, 0.25) is 0 Å². The van der Waals surface area contributed by atoms with Crippen LogP contribution >= 0.6 is 0 Å². The summed E-state index contributed by atoms with van der Waals surface area (Å²) in [6.45, 7) is 9.12. The van der Waals surface area contributed by atoms with Crippen LogP contribution in [0.5, 0.6) is 5.75 Å². The molecular weight excluding hydrogens is 264 g/mol. The number of hydrogen-bond donors (Lipinski definition) is 2. The molecule has 0 fully saturated rings. The van der Waals surface area contributed by atoms with Gasteiger partial charge in [0.05, 0.1) is 19.3 Å².